The van der Waals surface area contributed by atoms with Crippen molar-refractivity contribution >= 4 is 22.8 Å². The summed E-state index contributed by atoms with van der Waals surface area (Å²) in [4.78, 5) is 24.1. The van der Waals surface area contributed by atoms with Gasteiger partial charge in [0.05, 0.1) is 17.1 Å². The van der Waals surface area contributed by atoms with E-state index in [9.17, 15) is 4.79 Å². The Bertz CT molecular complexity index is 1070. The maximum absolute atomic E-state index is 13.4. The predicted molar refractivity (Wildman–Crippen MR) is 109 cm³/mol. The number of amides is 1. The van der Waals surface area contributed by atoms with Gasteiger partial charge in [-0.25, -0.2) is 9.97 Å². The van der Waals surface area contributed by atoms with Crippen LogP contribution in [0.5, 0.6) is 0 Å². The van der Waals surface area contributed by atoms with E-state index in [0.717, 1.165) is 38.8 Å². The van der Waals surface area contributed by atoms with E-state index >= 15 is 0 Å². The van der Waals surface area contributed by atoms with Gasteiger partial charge < -0.3 is 14.6 Å². The first kappa shape index (κ1) is 18.1. The highest BCUT2D eigenvalue weighted by Gasteiger charge is 2.39. The lowest BCUT2D eigenvalue weighted by molar-refractivity contribution is 0.0713. The Morgan fingerprint density at radius 3 is 2.69 bits per heavy atom. The fourth-order valence-electron chi connectivity index (χ4n) is 4.22. The van der Waals surface area contributed by atoms with E-state index in [-0.39, 0.29) is 11.4 Å². The minimum absolute atomic E-state index is 0.00434. The van der Waals surface area contributed by atoms with E-state index in [1.54, 1.807) is 0 Å². The molecule has 2 aliphatic rings. The third kappa shape index (κ3) is 3.26. The number of carbonyl (C=O) groups excluding carboxylic acids is 1. The Balaban J connectivity index is 1.40. The van der Waals surface area contributed by atoms with Crippen molar-refractivity contribution in [2.24, 2.45) is 7.05 Å². The minimum Gasteiger partial charge on any atom is -0.442 e. The number of carbonyl (C=O) groups is 1. The molecule has 1 N–H and O–H groups in total. The van der Waals surface area contributed by atoms with Crippen LogP contribution < -0.4 is 5.32 Å². The number of piperidine rings is 1. The zero-order chi connectivity index (χ0) is 20.2. The van der Waals surface area contributed by atoms with E-state index in [1.807, 2.05) is 29.7 Å². The zero-order valence-corrected chi connectivity index (χ0v) is 17.1. The van der Waals surface area contributed by atoms with Crippen molar-refractivity contribution in [3.8, 4) is 0 Å². The van der Waals surface area contributed by atoms with Gasteiger partial charge in [0.1, 0.15) is 17.9 Å². The third-order valence-electron chi connectivity index (χ3n) is 6.28. The van der Waals surface area contributed by atoms with Crippen LogP contribution in [0.15, 0.2) is 23.1 Å². The monoisotopic (exact) mass is 394 g/mol. The molecule has 1 aliphatic heterocycles. The summed E-state index contributed by atoms with van der Waals surface area (Å²) in [6.45, 7) is 5.44. The molecule has 0 aromatic carbocycles. The lowest BCUT2D eigenvalue weighted by Crippen LogP contribution is -2.38. The van der Waals surface area contributed by atoms with Gasteiger partial charge in [-0.2, -0.15) is 5.10 Å². The average Bonchev–Trinajstić information content (AvgIpc) is 3.11. The fraction of sp³-hybridized carbons (Fsp3) is 0.524. The molecule has 1 amide bonds. The van der Waals surface area contributed by atoms with Crippen LogP contribution in [-0.4, -0.2) is 49.2 Å². The summed E-state index contributed by atoms with van der Waals surface area (Å²) in [6.07, 6.45) is 9.57. The summed E-state index contributed by atoms with van der Waals surface area (Å²) < 4.78 is 7.67. The number of aryl methyl sites for hydroxylation is 2. The van der Waals surface area contributed by atoms with Crippen LogP contribution in [0.25, 0.3) is 11.1 Å². The van der Waals surface area contributed by atoms with Crippen molar-refractivity contribution in [2.45, 2.75) is 51.0 Å². The molecule has 1 saturated carbocycles. The van der Waals surface area contributed by atoms with Crippen molar-refractivity contribution in [2.75, 3.05) is 18.4 Å². The van der Waals surface area contributed by atoms with E-state index in [2.05, 4.69) is 33.5 Å². The highest BCUT2D eigenvalue weighted by molar-refractivity contribution is 6.10. The SMILES string of the molecule is Cc1oc2ncnc(NC3(C)CC3)c2c1C(=O)N1CCC(c2cnn(C)c2)CC1. The summed E-state index contributed by atoms with van der Waals surface area (Å²) in [5.74, 6) is 1.75. The molecule has 0 unspecified atom stereocenters. The molecule has 8 heteroatoms. The number of aromatic nitrogens is 4. The van der Waals surface area contributed by atoms with E-state index in [4.69, 9.17) is 4.42 Å². The molecular weight excluding hydrogens is 368 g/mol. The van der Waals surface area contributed by atoms with Crippen molar-refractivity contribution in [3.63, 3.8) is 0 Å². The van der Waals surface area contributed by atoms with Gasteiger partial charge in [-0.05, 0) is 51.0 Å². The highest BCUT2D eigenvalue weighted by Crippen LogP contribution is 2.40. The predicted octanol–water partition coefficient (Wildman–Crippen LogP) is 3.25. The van der Waals surface area contributed by atoms with Crippen molar-refractivity contribution in [1.29, 1.82) is 0 Å². The Morgan fingerprint density at radius 1 is 1.28 bits per heavy atom. The second kappa shape index (κ2) is 6.57. The van der Waals surface area contributed by atoms with Crippen LogP contribution >= 0.6 is 0 Å². The summed E-state index contributed by atoms with van der Waals surface area (Å²) in [7, 11) is 1.94. The Morgan fingerprint density at radius 2 is 2.03 bits per heavy atom. The van der Waals surface area contributed by atoms with E-state index in [1.165, 1.54) is 11.9 Å². The van der Waals surface area contributed by atoms with Crippen molar-refractivity contribution in [3.05, 3.63) is 35.6 Å². The lowest BCUT2D eigenvalue weighted by Gasteiger charge is -2.31. The molecule has 8 nitrogen and oxygen atoms in total. The zero-order valence-electron chi connectivity index (χ0n) is 17.1. The third-order valence-corrected chi connectivity index (χ3v) is 6.28. The van der Waals surface area contributed by atoms with E-state index in [0.29, 0.717) is 34.2 Å². The number of anilines is 1. The Kier molecular flexibility index (Phi) is 4.11. The van der Waals surface area contributed by atoms with Gasteiger partial charge in [-0.3, -0.25) is 9.48 Å². The van der Waals surface area contributed by atoms with Crippen molar-refractivity contribution < 1.29 is 9.21 Å². The molecule has 0 atom stereocenters. The molecule has 0 radical (unpaired) electrons. The summed E-state index contributed by atoms with van der Waals surface area (Å²) in [5.41, 5.74) is 2.36. The van der Waals surface area contributed by atoms with Crippen LogP contribution in [-0.2, 0) is 7.05 Å². The minimum atomic E-state index is 0.00434. The fourth-order valence-corrected chi connectivity index (χ4v) is 4.22. The highest BCUT2D eigenvalue weighted by atomic mass is 16.3. The van der Waals surface area contributed by atoms with Gasteiger partial charge in [-0.15, -0.1) is 0 Å². The number of rotatable bonds is 4. The summed E-state index contributed by atoms with van der Waals surface area (Å²) in [6, 6.07) is 0. The van der Waals surface area contributed by atoms with Gasteiger partial charge in [0.15, 0.2) is 0 Å². The van der Waals surface area contributed by atoms with Gasteiger partial charge in [0.25, 0.3) is 5.91 Å². The molecule has 2 fully saturated rings. The number of hydrogen-bond acceptors (Lipinski definition) is 6. The molecule has 0 bridgehead atoms. The number of likely N-dealkylation sites (tertiary alicyclic amines) is 1. The molecule has 3 aromatic heterocycles. The van der Waals surface area contributed by atoms with Gasteiger partial charge >= 0.3 is 0 Å². The molecular formula is C21H26N6O2. The number of nitrogens with one attached hydrogen (secondary N) is 1. The van der Waals surface area contributed by atoms with Crippen LogP contribution in [0.3, 0.4) is 0 Å². The molecule has 1 aliphatic carbocycles. The van der Waals surface area contributed by atoms with Crippen LogP contribution in [0, 0.1) is 6.92 Å². The quantitative estimate of drug-likeness (QED) is 0.731. The molecule has 3 aromatic rings. The van der Waals surface area contributed by atoms with Crippen molar-refractivity contribution in [1.82, 2.24) is 24.6 Å². The topological polar surface area (TPSA) is 89.1 Å². The maximum atomic E-state index is 13.4. The summed E-state index contributed by atoms with van der Waals surface area (Å²) >= 11 is 0. The average molecular weight is 394 g/mol. The maximum Gasteiger partial charge on any atom is 0.258 e. The number of nitrogens with zero attached hydrogens (tertiary/aromatic N) is 5. The number of furan rings is 1. The Hall–Kier alpha value is -2.90. The first-order valence-corrected chi connectivity index (χ1v) is 10.2. The second-order valence-corrected chi connectivity index (χ2v) is 8.64. The Labute approximate surface area is 169 Å². The van der Waals surface area contributed by atoms with E-state index < -0.39 is 0 Å². The van der Waals surface area contributed by atoms with Crippen LogP contribution in [0.2, 0.25) is 0 Å². The van der Waals surface area contributed by atoms with Crippen LogP contribution in [0.4, 0.5) is 5.82 Å². The molecule has 4 heterocycles. The molecule has 29 heavy (non-hydrogen) atoms. The standard InChI is InChI=1S/C21H26N6O2/c1-13-16(17-18(25-21(2)6-7-21)22-12-23-19(17)29-13)20(28)27-8-4-14(5-9-27)15-10-24-26(3)11-15/h10-12,14H,4-9H2,1-3H3,(H,22,23,25). The number of hydrogen-bond donors (Lipinski definition) is 1. The normalized spacial score (nSPS) is 18.9. The van der Waals surface area contributed by atoms with Gasteiger partial charge in [0, 0.05) is 31.9 Å². The lowest BCUT2D eigenvalue weighted by atomic mass is 9.91. The second-order valence-electron chi connectivity index (χ2n) is 8.64. The molecule has 5 rings (SSSR count). The van der Waals surface area contributed by atoms with Crippen LogP contribution in [0.1, 0.15) is 60.2 Å². The molecule has 0 spiro atoms. The first-order chi connectivity index (χ1) is 13.9. The smallest absolute Gasteiger partial charge is 0.258 e. The summed E-state index contributed by atoms with van der Waals surface area (Å²) in [5, 5.41) is 8.47. The molecule has 1 saturated heterocycles. The largest absolute Gasteiger partial charge is 0.442 e. The van der Waals surface area contributed by atoms with Gasteiger partial charge in [0.2, 0.25) is 5.71 Å². The number of fused-ring (bicyclic) bond motifs is 1. The van der Waals surface area contributed by atoms with Gasteiger partial charge in [-0.1, -0.05) is 0 Å². The molecule has 152 valence electrons. The first-order valence-electron chi connectivity index (χ1n) is 10.2.